The van der Waals surface area contributed by atoms with Gasteiger partial charge in [0.05, 0.1) is 10.8 Å². The number of nitrogens with one attached hydrogen (secondary N) is 1. The van der Waals surface area contributed by atoms with Crippen LogP contribution in [0.3, 0.4) is 0 Å². The fraction of sp³-hybridized carbons (Fsp3) is 0.526. The van der Waals surface area contributed by atoms with Crippen LogP contribution >= 0.6 is 11.8 Å². The monoisotopic (exact) mass is 389 g/mol. The molecule has 0 saturated heterocycles. The Kier molecular flexibility index (Phi) is 6.09. The highest BCUT2D eigenvalue weighted by atomic mass is 32.2. The predicted octanol–water partition coefficient (Wildman–Crippen LogP) is 3.78. The van der Waals surface area contributed by atoms with Gasteiger partial charge in [-0.05, 0) is 62.4 Å². The molecule has 8 heteroatoms. The average Bonchev–Trinajstić information content (AvgIpc) is 3.02. The van der Waals surface area contributed by atoms with Crippen molar-refractivity contribution in [2.45, 2.75) is 64.4 Å². The van der Waals surface area contributed by atoms with Crippen molar-refractivity contribution in [3.63, 3.8) is 0 Å². The average molecular weight is 390 g/mol. The number of thioether (sulfide) groups is 1. The zero-order chi connectivity index (χ0) is 20.4. The Labute approximate surface area is 164 Å². The van der Waals surface area contributed by atoms with Crippen molar-refractivity contribution >= 4 is 29.1 Å². The van der Waals surface area contributed by atoms with Crippen LogP contribution in [0, 0.1) is 5.41 Å². The first-order chi connectivity index (χ1) is 12.4. The third kappa shape index (κ3) is 5.38. The van der Waals surface area contributed by atoms with E-state index in [0.717, 1.165) is 0 Å². The molecule has 0 fully saturated rings. The zero-order valence-corrected chi connectivity index (χ0v) is 17.7. The standard InChI is InChI=1S/C19H27N5O2S/c1-12(27-17-21-22-23-24(17)19(5,6)7)15(25)13-8-10-14(11-9-13)20-16(26)18(2,3)4/h8-12H,1-7H3,(H,20,26)/t12-/m1/s1. The lowest BCUT2D eigenvalue weighted by Crippen LogP contribution is -2.27. The van der Waals surface area contributed by atoms with Crippen molar-refractivity contribution in [1.82, 2.24) is 20.2 Å². The van der Waals surface area contributed by atoms with Gasteiger partial charge in [-0.1, -0.05) is 32.5 Å². The summed E-state index contributed by atoms with van der Waals surface area (Å²) < 4.78 is 1.71. The lowest BCUT2D eigenvalue weighted by Gasteiger charge is -2.20. The number of nitrogens with zero attached hydrogens (tertiary/aromatic N) is 4. The molecule has 1 N–H and O–H groups in total. The van der Waals surface area contributed by atoms with Crippen LogP contribution in [0.2, 0.25) is 0 Å². The Morgan fingerprint density at radius 3 is 2.19 bits per heavy atom. The number of Topliss-reactive ketones (excluding diaryl/α,β-unsaturated/α-hetero) is 1. The molecule has 27 heavy (non-hydrogen) atoms. The smallest absolute Gasteiger partial charge is 0.229 e. The second-order valence-electron chi connectivity index (χ2n) is 8.45. The van der Waals surface area contributed by atoms with Crippen molar-refractivity contribution in [2.24, 2.45) is 5.41 Å². The van der Waals surface area contributed by atoms with Gasteiger partial charge in [0.25, 0.3) is 0 Å². The molecule has 2 aromatic rings. The summed E-state index contributed by atoms with van der Waals surface area (Å²) in [6.07, 6.45) is 0. The Morgan fingerprint density at radius 2 is 1.67 bits per heavy atom. The van der Waals surface area contributed by atoms with E-state index in [4.69, 9.17) is 0 Å². The highest BCUT2D eigenvalue weighted by Gasteiger charge is 2.25. The maximum Gasteiger partial charge on any atom is 0.229 e. The first kappa shape index (κ1) is 21.1. The van der Waals surface area contributed by atoms with Crippen molar-refractivity contribution in [3.8, 4) is 0 Å². The summed E-state index contributed by atoms with van der Waals surface area (Å²) in [4.78, 5) is 24.8. The Bertz CT molecular complexity index is 816. The molecule has 0 aliphatic carbocycles. The summed E-state index contributed by atoms with van der Waals surface area (Å²) in [6, 6.07) is 6.94. The molecule has 7 nitrogen and oxygen atoms in total. The summed E-state index contributed by atoms with van der Waals surface area (Å²) in [5.74, 6) is -0.0864. The third-order valence-corrected chi connectivity index (χ3v) is 4.87. The number of carbonyl (C=O) groups is 2. The molecule has 1 heterocycles. The van der Waals surface area contributed by atoms with Crippen molar-refractivity contribution in [2.75, 3.05) is 5.32 Å². The normalized spacial score (nSPS) is 13.3. The van der Waals surface area contributed by atoms with E-state index in [1.54, 1.807) is 28.9 Å². The summed E-state index contributed by atoms with van der Waals surface area (Å²) in [6.45, 7) is 13.4. The van der Waals surface area contributed by atoms with E-state index in [2.05, 4.69) is 20.8 Å². The molecule has 1 aromatic carbocycles. The van der Waals surface area contributed by atoms with Crippen molar-refractivity contribution in [3.05, 3.63) is 29.8 Å². The second kappa shape index (κ2) is 7.80. The third-order valence-electron chi connectivity index (χ3n) is 3.84. The molecule has 1 aromatic heterocycles. The first-order valence-corrected chi connectivity index (χ1v) is 9.69. The molecule has 0 saturated carbocycles. The lowest BCUT2D eigenvalue weighted by atomic mass is 9.95. The van der Waals surface area contributed by atoms with Gasteiger partial charge in [0.1, 0.15) is 0 Å². The Balaban J connectivity index is 2.07. The van der Waals surface area contributed by atoms with E-state index in [-0.39, 0.29) is 22.5 Å². The topological polar surface area (TPSA) is 89.8 Å². The number of benzene rings is 1. The van der Waals surface area contributed by atoms with E-state index in [0.29, 0.717) is 16.4 Å². The molecule has 0 bridgehead atoms. The molecule has 0 aliphatic rings. The molecular weight excluding hydrogens is 362 g/mol. The number of hydrogen-bond acceptors (Lipinski definition) is 6. The van der Waals surface area contributed by atoms with Gasteiger partial charge in [-0.2, -0.15) is 0 Å². The number of carbonyl (C=O) groups excluding carboxylic acids is 2. The summed E-state index contributed by atoms with van der Waals surface area (Å²) in [7, 11) is 0. The van der Waals surface area contributed by atoms with Gasteiger partial charge < -0.3 is 5.32 Å². The number of ketones is 1. The molecule has 0 unspecified atom stereocenters. The maximum absolute atomic E-state index is 12.7. The molecule has 0 aliphatic heterocycles. The lowest BCUT2D eigenvalue weighted by molar-refractivity contribution is -0.123. The minimum Gasteiger partial charge on any atom is -0.326 e. The molecule has 1 atom stereocenters. The fourth-order valence-corrected chi connectivity index (χ4v) is 3.21. The van der Waals surface area contributed by atoms with Crippen LogP contribution in [0.5, 0.6) is 0 Å². The number of tetrazole rings is 1. The number of hydrogen-bond donors (Lipinski definition) is 1. The number of aromatic nitrogens is 4. The van der Waals surface area contributed by atoms with Crippen LogP contribution in [0.1, 0.15) is 58.8 Å². The van der Waals surface area contributed by atoms with Crippen LogP contribution in [-0.2, 0) is 10.3 Å². The van der Waals surface area contributed by atoms with Gasteiger partial charge in [0.2, 0.25) is 11.1 Å². The minimum atomic E-state index is -0.476. The Hall–Kier alpha value is -2.22. The van der Waals surface area contributed by atoms with Crippen LogP contribution in [0.25, 0.3) is 0 Å². The van der Waals surface area contributed by atoms with Gasteiger partial charge in [-0.25, -0.2) is 4.68 Å². The van der Waals surface area contributed by atoms with E-state index in [9.17, 15) is 9.59 Å². The first-order valence-electron chi connectivity index (χ1n) is 8.81. The molecule has 0 radical (unpaired) electrons. The minimum absolute atomic E-state index is 0.0165. The molecular formula is C19H27N5O2S. The van der Waals surface area contributed by atoms with Gasteiger partial charge in [0, 0.05) is 16.7 Å². The van der Waals surface area contributed by atoms with Crippen LogP contribution in [0.15, 0.2) is 29.4 Å². The second-order valence-corrected chi connectivity index (χ2v) is 9.76. The van der Waals surface area contributed by atoms with E-state index in [1.807, 2.05) is 48.5 Å². The number of rotatable bonds is 5. The van der Waals surface area contributed by atoms with E-state index < -0.39 is 5.41 Å². The maximum atomic E-state index is 12.7. The van der Waals surface area contributed by atoms with Gasteiger partial charge in [-0.15, -0.1) is 5.10 Å². The summed E-state index contributed by atoms with van der Waals surface area (Å²) in [5.41, 5.74) is 0.514. The van der Waals surface area contributed by atoms with Gasteiger partial charge in [-0.3, -0.25) is 9.59 Å². The van der Waals surface area contributed by atoms with Crippen molar-refractivity contribution in [1.29, 1.82) is 0 Å². The van der Waals surface area contributed by atoms with Crippen LogP contribution in [0.4, 0.5) is 5.69 Å². The van der Waals surface area contributed by atoms with Gasteiger partial charge >= 0.3 is 0 Å². The highest BCUT2D eigenvalue weighted by molar-refractivity contribution is 8.00. The van der Waals surface area contributed by atoms with E-state index >= 15 is 0 Å². The Morgan fingerprint density at radius 1 is 1.07 bits per heavy atom. The highest BCUT2D eigenvalue weighted by Crippen LogP contribution is 2.27. The SMILES string of the molecule is C[C@@H](Sc1nnnn1C(C)(C)C)C(=O)c1ccc(NC(=O)C(C)(C)C)cc1. The molecule has 146 valence electrons. The quantitative estimate of drug-likeness (QED) is 0.618. The van der Waals surface area contributed by atoms with Gasteiger partial charge in [0.15, 0.2) is 5.78 Å². The fourth-order valence-electron chi connectivity index (χ4n) is 2.16. The van der Waals surface area contributed by atoms with Crippen LogP contribution in [-0.4, -0.2) is 37.1 Å². The zero-order valence-electron chi connectivity index (χ0n) is 16.9. The summed E-state index contributed by atoms with van der Waals surface area (Å²) in [5, 5.41) is 14.9. The molecule has 0 spiro atoms. The number of amides is 1. The van der Waals surface area contributed by atoms with Crippen molar-refractivity contribution < 1.29 is 9.59 Å². The largest absolute Gasteiger partial charge is 0.326 e. The predicted molar refractivity (Wildman–Crippen MR) is 107 cm³/mol. The molecule has 2 rings (SSSR count). The number of anilines is 1. The van der Waals surface area contributed by atoms with Crippen LogP contribution < -0.4 is 5.32 Å². The van der Waals surface area contributed by atoms with E-state index in [1.165, 1.54) is 11.8 Å². The molecule has 1 amide bonds. The summed E-state index contributed by atoms with van der Waals surface area (Å²) >= 11 is 1.33.